The number of piperidine rings is 1. The van der Waals surface area contributed by atoms with Crippen LogP contribution in [0.5, 0.6) is 0 Å². The quantitative estimate of drug-likeness (QED) is 0.815. The minimum absolute atomic E-state index is 0.0344. The van der Waals surface area contributed by atoms with Gasteiger partial charge in [0.15, 0.2) is 0 Å². The first kappa shape index (κ1) is 18.9. The van der Waals surface area contributed by atoms with Crippen molar-refractivity contribution in [1.29, 1.82) is 0 Å². The smallest absolute Gasteiger partial charge is 0.243 e. The van der Waals surface area contributed by atoms with E-state index in [1.54, 1.807) is 10.4 Å². The van der Waals surface area contributed by atoms with Crippen LogP contribution in [-0.4, -0.2) is 38.5 Å². The van der Waals surface area contributed by atoms with Gasteiger partial charge in [0.1, 0.15) is 0 Å². The van der Waals surface area contributed by atoms with Crippen LogP contribution in [0.4, 0.5) is 5.69 Å². The van der Waals surface area contributed by atoms with Crippen LogP contribution >= 0.6 is 0 Å². The second-order valence-electron chi connectivity index (χ2n) is 9.03. The highest BCUT2D eigenvalue weighted by Crippen LogP contribution is 2.48. The first-order valence-electron chi connectivity index (χ1n) is 11.2. The Labute approximate surface area is 168 Å². The summed E-state index contributed by atoms with van der Waals surface area (Å²) in [7, 11) is -3.41. The predicted octanol–water partition coefficient (Wildman–Crippen LogP) is 4.31. The zero-order valence-electron chi connectivity index (χ0n) is 16.6. The van der Waals surface area contributed by atoms with Crippen molar-refractivity contribution in [3.63, 3.8) is 0 Å². The highest BCUT2D eigenvalue weighted by Gasteiger charge is 2.43. The Hall–Kier alpha value is -1.11. The summed E-state index contributed by atoms with van der Waals surface area (Å²) < 4.78 is 34.3. The van der Waals surface area contributed by atoms with E-state index in [0.29, 0.717) is 29.9 Å². The van der Waals surface area contributed by atoms with Crippen molar-refractivity contribution in [3.8, 4) is 0 Å². The molecule has 3 fully saturated rings. The van der Waals surface area contributed by atoms with Crippen LogP contribution in [0, 0.1) is 11.8 Å². The Balaban J connectivity index is 1.48. The number of hydrogen-bond donors (Lipinski definition) is 1. The highest BCUT2D eigenvalue weighted by molar-refractivity contribution is 7.89. The average molecular weight is 405 g/mol. The van der Waals surface area contributed by atoms with Crippen LogP contribution in [0.2, 0.25) is 0 Å². The van der Waals surface area contributed by atoms with Gasteiger partial charge >= 0.3 is 0 Å². The first-order valence-corrected chi connectivity index (χ1v) is 12.6. The second kappa shape index (κ2) is 7.62. The van der Waals surface area contributed by atoms with Gasteiger partial charge in [0.05, 0.1) is 11.0 Å². The van der Waals surface area contributed by atoms with Gasteiger partial charge in [-0.05, 0) is 62.6 Å². The van der Waals surface area contributed by atoms with Gasteiger partial charge in [-0.1, -0.05) is 19.3 Å². The van der Waals surface area contributed by atoms with Gasteiger partial charge in [0, 0.05) is 42.9 Å². The van der Waals surface area contributed by atoms with Gasteiger partial charge in [-0.25, -0.2) is 8.42 Å². The lowest BCUT2D eigenvalue weighted by Gasteiger charge is -2.45. The van der Waals surface area contributed by atoms with Crippen LogP contribution in [0.15, 0.2) is 23.1 Å². The van der Waals surface area contributed by atoms with E-state index in [4.69, 9.17) is 4.74 Å². The van der Waals surface area contributed by atoms with Gasteiger partial charge in [-0.2, -0.15) is 4.31 Å². The van der Waals surface area contributed by atoms with E-state index in [1.165, 1.54) is 32.1 Å². The molecule has 1 aromatic rings. The minimum atomic E-state index is -3.41. The molecule has 4 aliphatic rings. The molecule has 1 N–H and O–H groups in total. The normalized spacial score (nSPS) is 31.8. The molecular weight excluding hydrogens is 372 g/mol. The third kappa shape index (κ3) is 3.27. The minimum Gasteiger partial charge on any atom is -0.381 e. The van der Waals surface area contributed by atoms with Gasteiger partial charge in [0.25, 0.3) is 0 Å². The van der Waals surface area contributed by atoms with Crippen molar-refractivity contribution in [1.82, 2.24) is 4.31 Å². The van der Waals surface area contributed by atoms with Crippen molar-refractivity contribution in [2.75, 3.05) is 25.0 Å². The molecule has 3 heterocycles. The largest absolute Gasteiger partial charge is 0.381 e. The molecule has 1 aromatic carbocycles. The lowest BCUT2D eigenvalue weighted by Crippen LogP contribution is -2.45. The molecule has 3 aliphatic heterocycles. The van der Waals surface area contributed by atoms with Crippen LogP contribution in [0.3, 0.4) is 0 Å². The second-order valence-corrected chi connectivity index (χ2v) is 11.0. The molecule has 3 unspecified atom stereocenters. The Bertz CT molecular complexity index is 813. The standard InChI is InChI=1S/C22H32N2O3S/c25-28(26,24-12-4-1-5-13-24)17-10-11-20-19(15-17)22-18(9-6-14-27-22)21(23-20)16-7-2-3-8-16/h10-11,15-16,18,21-23H,1-9,12-14H2. The Kier molecular flexibility index (Phi) is 5.14. The fraction of sp³-hybridized carbons (Fsp3) is 0.727. The van der Waals surface area contributed by atoms with Crippen molar-refractivity contribution in [2.45, 2.75) is 74.8 Å². The zero-order valence-corrected chi connectivity index (χ0v) is 17.4. The number of benzene rings is 1. The van der Waals surface area contributed by atoms with Gasteiger partial charge in [-0.15, -0.1) is 0 Å². The SMILES string of the molecule is O=S(=O)(c1ccc2c(c1)C1OCCCC1C(C1CCCC1)N2)N1CCCCC1. The summed E-state index contributed by atoms with van der Waals surface area (Å²) in [6.07, 6.45) is 10.6. The first-order chi connectivity index (χ1) is 13.6. The number of fused-ring (bicyclic) bond motifs is 3. The Morgan fingerprint density at radius 3 is 2.54 bits per heavy atom. The number of ether oxygens (including phenoxy) is 1. The van der Waals surface area contributed by atoms with Crippen molar-refractivity contribution < 1.29 is 13.2 Å². The molecule has 154 valence electrons. The molecule has 1 saturated carbocycles. The summed E-state index contributed by atoms with van der Waals surface area (Å²) in [6.45, 7) is 2.06. The number of nitrogens with zero attached hydrogens (tertiary/aromatic N) is 1. The summed E-state index contributed by atoms with van der Waals surface area (Å²) in [4.78, 5) is 0.433. The molecule has 0 aromatic heterocycles. The van der Waals surface area contributed by atoms with E-state index in [-0.39, 0.29) is 6.10 Å². The lowest BCUT2D eigenvalue weighted by molar-refractivity contribution is -0.0438. The maximum atomic E-state index is 13.2. The van der Waals surface area contributed by atoms with Crippen LogP contribution in [0.1, 0.15) is 69.5 Å². The molecule has 6 heteroatoms. The molecule has 3 atom stereocenters. The van der Waals surface area contributed by atoms with E-state index in [1.807, 2.05) is 12.1 Å². The molecular formula is C22H32N2O3S. The summed E-state index contributed by atoms with van der Waals surface area (Å²) in [5.74, 6) is 1.18. The third-order valence-electron chi connectivity index (χ3n) is 7.34. The highest BCUT2D eigenvalue weighted by atomic mass is 32.2. The van der Waals surface area contributed by atoms with Crippen LogP contribution in [-0.2, 0) is 14.8 Å². The lowest BCUT2D eigenvalue weighted by atomic mass is 9.75. The fourth-order valence-corrected chi connectivity index (χ4v) is 7.44. The van der Waals surface area contributed by atoms with Gasteiger partial charge < -0.3 is 10.1 Å². The predicted molar refractivity (Wildman–Crippen MR) is 110 cm³/mol. The number of nitrogens with one attached hydrogen (secondary N) is 1. The summed E-state index contributed by atoms with van der Waals surface area (Å²) in [5.41, 5.74) is 2.13. The summed E-state index contributed by atoms with van der Waals surface area (Å²) >= 11 is 0. The summed E-state index contributed by atoms with van der Waals surface area (Å²) in [6, 6.07) is 6.15. The monoisotopic (exact) mass is 404 g/mol. The zero-order chi connectivity index (χ0) is 19.1. The molecule has 5 nitrogen and oxygen atoms in total. The Morgan fingerprint density at radius 1 is 0.964 bits per heavy atom. The van der Waals surface area contributed by atoms with Crippen molar-refractivity contribution >= 4 is 15.7 Å². The van der Waals surface area contributed by atoms with Crippen LogP contribution in [0.25, 0.3) is 0 Å². The number of sulfonamides is 1. The molecule has 0 amide bonds. The average Bonchev–Trinajstić information content (AvgIpc) is 3.28. The molecule has 28 heavy (non-hydrogen) atoms. The Morgan fingerprint density at radius 2 is 1.75 bits per heavy atom. The van der Waals surface area contributed by atoms with Gasteiger partial charge in [0.2, 0.25) is 10.0 Å². The van der Waals surface area contributed by atoms with E-state index in [0.717, 1.165) is 49.5 Å². The third-order valence-corrected chi connectivity index (χ3v) is 9.24. The maximum Gasteiger partial charge on any atom is 0.243 e. The maximum absolute atomic E-state index is 13.2. The number of anilines is 1. The molecule has 0 radical (unpaired) electrons. The van der Waals surface area contributed by atoms with E-state index in [9.17, 15) is 8.42 Å². The van der Waals surface area contributed by atoms with Gasteiger partial charge in [-0.3, -0.25) is 0 Å². The summed E-state index contributed by atoms with van der Waals surface area (Å²) in [5, 5.41) is 3.81. The topological polar surface area (TPSA) is 58.6 Å². The van der Waals surface area contributed by atoms with Crippen molar-refractivity contribution in [3.05, 3.63) is 23.8 Å². The molecule has 1 aliphatic carbocycles. The number of rotatable bonds is 3. The molecule has 2 saturated heterocycles. The van der Waals surface area contributed by atoms with E-state index in [2.05, 4.69) is 5.32 Å². The van der Waals surface area contributed by atoms with Crippen LogP contribution < -0.4 is 5.32 Å². The van der Waals surface area contributed by atoms with E-state index >= 15 is 0 Å². The fourth-order valence-electron chi connectivity index (χ4n) is 5.89. The van der Waals surface area contributed by atoms with E-state index < -0.39 is 10.0 Å². The molecule has 0 bridgehead atoms. The molecule has 0 spiro atoms. The molecule has 5 rings (SSSR count). The van der Waals surface area contributed by atoms with Crippen molar-refractivity contribution in [2.24, 2.45) is 11.8 Å². The number of hydrogen-bond acceptors (Lipinski definition) is 4.